The van der Waals surface area contributed by atoms with E-state index in [0.717, 1.165) is 11.1 Å². The number of hydrogen-bond acceptors (Lipinski definition) is 2. The summed E-state index contributed by atoms with van der Waals surface area (Å²) in [4.78, 5) is 0. The number of benzene rings is 1. The Hall–Kier alpha value is -0.730. The molecule has 3 heteroatoms. The molecule has 1 atom stereocenters. The van der Waals surface area contributed by atoms with Crippen molar-refractivity contribution in [2.24, 2.45) is 11.7 Å². The number of hydrogen-bond donors (Lipinski definition) is 2. The summed E-state index contributed by atoms with van der Waals surface area (Å²) in [7, 11) is 0. The molecule has 1 aliphatic carbocycles. The summed E-state index contributed by atoms with van der Waals surface area (Å²) in [6.45, 7) is 3.88. The largest absolute Gasteiger partial charge is 0.507 e. The second kappa shape index (κ2) is 5.74. The van der Waals surface area contributed by atoms with Gasteiger partial charge in [0.2, 0.25) is 0 Å². The van der Waals surface area contributed by atoms with Crippen LogP contribution >= 0.6 is 12.4 Å². The molecule has 0 spiro atoms. The lowest BCUT2D eigenvalue weighted by Gasteiger charge is -2.20. The van der Waals surface area contributed by atoms with Gasteiger partial charge in [-0.3, -0.25) is 0 Å². The average molecular weight is 256 g/mol. The molecule has 0 aromatic heterocycles. The maximum atomic E-state index is 9.74. The molecule has 0 unspecified atom stereocenters. The third-order valence-corrected chi connectivity index (χ3v) is 3.81. The molecular formula is C14H22ClNO. The molecule has 2 nitrogen and oxygen atoms in total. The molecule has 0 amide bonds. The zero-order valence-electron chi connectivity index (χ0n) is 10.6. The third kappa shape index (κ3) is 2.93. The summed E-state index contributed by atoms with van der Waals surface area (Å²) in [5.74, 6) is 1.03. The molecule has 0 heterocycles. The van der Waals surface area contributed by atoms with E-state index in [-0.39, 0.29) is 18.4 Å². The van der Waals surface area contributed by atoms with Crippen LogP contribution in [0.4, 0.5) is 0 Å². The molecule has 1 saturated carbocycles. The Labute approximate surface area is 110 Å². The van der Waals surface area contributed by atoms with Crippen LogP contribution in [0.1, 0.15) is 48.4 Å². The number of aryl methyl sites for hydroxylation is 2. The highest BCUT2D eigenvalue weighted by atomic mass is 35.5. The molecule has 0 aliphatic heterocycles. The zero-order valence-corrected chi connectivity index (χ0v) is 11.4. The van der Waals surface area contributed by atoms with Gasteiger partial charge in [0.15, 0.2) is 0 Å². The van der Waals surface area contributed by atoms with Gasteiger partial charge in [0.25, 0.3) is 0 Å². The fraction of sp³-hybridized carbons (Fsp3) is 0.571. The summed E-state index contributed by atoms with van der Waals surface area (Å²) in [6.07, 6.45) is 5.13. The van der Waals surface area contributed by atoms with Crippen molar-refractivity contribution in [3.63, 3.8) is 0 Å². The Morgan fingerprint density at radius 2 is 1.65 bits per heavy atom. The van der Waals surface area contributed by atoms with Gasteiger partial charge in [0, 0.05) is 6.04 Å². The van der Waals surface area contributed by atoms with Gasteiger partial charge < -0.3 is 10.8 Å². The van der Waals surface area contributed by atoms with E-state index in [2.05, 4.69) is 0 Å². The second-order valence-electron chi connectivity index (χ2n) is 5.07. The smallest absolute Gasteiger partial charge is 0.121 e. The molecule has 2 rings (SSSR count). The highest BCUT2D eigenvalue weighted by Gasteiger charge is 2.23. The van der Waals surface area contributed by atoms with E-state index >= 15 is 0 Å². The van der Waals surface area contributed by atoms with Crippen molar-refractivity contribution in [3.8, 4) is 5.75 Å². The van der Waals surface area contributed by atoms with E-state index < -0.39 is 0 Å². The SMILES string of the molecule is Cc1cc([C@@H](N)C2CCCC2)cc(C)c1O.Cl. The molecule has 1 aromatic carbocycles. The lowest BCUT2D eigenvalue weighted by atomic mass is 9.90. The molecule has 96 valence electrons. The molecule has 1 aromatic rings. The Morgan fingerprint density at radius 3 is 2.12 bits per heavy atom. The Morgan fingerprint density at radius 1 is 1.18 bits per heavy atom. The van der Waals surface area contributed by atoms with Crippen molar-refractivity contribution in [1.82, 2.24) is 0 Å². The minimum Gasteiger partial charge on any atom is -0.507 e. The first kappa shape index (κ1) is 14.3. The van der Waals surface area contributed by atoms with Crippen molar-refractivity contribution in [1.29, 1.82) is 0 Å². The van der Waals surface area contributed by atoms with Gasteiger partial charge in [-0.15, -0.1) is 12.4 Å². The first-order chi connectivity index (χ1) is 7.59. The molecule has 0 radical (unpaired) electrons. The summed E-state index contributed by atoms with van der Waals surface area (Å²) in [5.41, 5.74) is 9.35. The van der Waals surface area contributed by atoms with Crippen LogP contribution in [0, 0.1) is 19.8 Å². The van der Waals surface area contributed by atoms with E-state index in [1.807, 2.05) is 26.0 Å². The fourth-order valence-electron chi connectivity index (χ4n) is 2.77. The lowest BCUT2D eigenvalue weighted by Crippen LogP contribution is -2.19. The normalized spacial score (nSPS) is 17.8. The van der Waals surface area contributed by atoms with Crippen LogP contribution in [-0.4, -0.2) is 5.11 Å². The van der Waals surface area contributed by atoms with E-state index in [1.54, 1.807) is 0 Å². The van der Waals surface area contributed by atoms with E-state index in [1.165, 1.54) is 31.2 Å². The summed E-state index contributed by atoms with van der Waals surface area (Å²) in [6, 6.07) is 4.21. The number of nitrogens with two attached hydrogens (primary N) is 1. The van der Waals surface area contributed by atoms with E-state index in [4.69, 9.17) is 5.73 Å². The lowest BCUT2D eigenvalue weighted by molar-refractivity contribution is 0.441. The Kier molecular flexibility index (Phi) is 4.84. The predicted molar refractivity (Wildman–Crippen MR) is 73.7 cm³/mol. The van der Waals surface area contributed by atoms with Gasteiger partial charge >= 0.3 is 0 Å². The quantitative estimate of drug-likeness (QED) is 0.848. The van der Waals surface area contributed by atoms with Gasteiger partial charge in [-0.1, -0.05) is 25.0 Å². The number of phenolic OH excluding ortho intramolecular Hbond substituents is 1. The molecule has 0 saturated heterocycles. The van der Waals surface area contributed by atoms with Gasteiger partial charge in [-0.2, -0.15) is 0 Å². The maximum Gasteiger partial charge on any atom is 0.121 e. The van der Waals surface area contributed by atoms with Crippen LogP contribution in [0.2, 0.25) is 0 Å². The standard InChI is InChI=1S/C14H21NO.ClH/c1-9-7-12(8-10(2)14(9)16)13(15)11-5-3-4-6-11;/h7-8,11,13,16H,3-6,15H2,1-2H3;1H/t13-;/m0./s1. The highest BCUT2D eigenvalue weighted by molar-refractivity contribution is 5.85. The van der Waals surface area contributed by atoms with Crippen LogP contribution in [0.25, 0.3) is 0 Å². The highest BCUT2D eigenvalue weighted by Crippen LogP contribution is 2.36. The average Bonchev–Trinajstić information content (AvgIpc) is 2.77. The first-order valence-corrected chi connectivity index (χ1v) is 6.15. The molecule has 0 bridgehead atoms. The zero-order chi connectivity index (χ0) is 11.7. The Balaban J connectivity index is 0.00000144. The minimum absolute atomic E-state index is 0. The summed E-state index contributed by atoms with van der Waals surface area (Å²) >= 11 is 0. The Bertz CT molecular complexity index is 363. The number of aromatic hydroxyl groups is 1. The summed E-state index contributed by atoms with van der Waals surface area (Å²) in [5, 5.41) is 9.74. The van der Waals surface area contributed by atoms with Crippen molar-refractivity contribution in [2.45, 2.75) is 45.6 Å². The minimum atomic E-state index is 0. The van der Waals surface area contributed by atoms with Gasteiger partial charge in [-0.05, 0) is 49.3 Å². The first-order valence-electron chi connectivity index (χ1n) is 6.15. The van der Waals surface area contributed by atoms with Gasteiger partial charge in [0.05, 0.1) is 0 Å². The van der Waals surface area contributed by atoms with Crippen LogP contribution in [-0.2, 0) is 0 Å². The summed E-state index contributed by atoms with van der Waals surface area (Å²) < 4.78 is 0. The molecule has 1 fully saturated rings. The van der Waals surface area contributed by atoms with Crippen molar-refractivity contribution < 1.29 is 5.11 Å². The number of halogens is 1. The number of phenols is 1. The third-order valence-electron chi connectivity index (χ3n) is 3.81. The van der Waals surface area contributed by atoms with Crippen molar-refractivity contribution >= 4 is 12.4 Å². The monoisotopic (exact) mass is 255 g/mol. The predicted octanol–water partition coefficient (Wildman–Crippen LogP) is 3.62. The van der Waals surface area contributed by atoms with Crippen molar-refractivity contribution in [2.75, 3.05) is 0 Å². The second-order valence-corrected chi connectivity index (χ2v) is 5.07. The van der Waals surface area contributed by atoms with Crippen molar-refractivity contribution in [3.05, 3.63) is 28.8 Å². The topological polar surface area (TPSA) is 46.2 Å². The maximum absolute atomic E-state index is 9.74. The van der Waals surface area contributed by atoms with Gasteiger partial charge in [0.1, 0.15) is 5.75 Å². The molecular weight excluding hydrogens is 234 g/mol. The van der Waals surface area contributed by atoms with Crippen LogP contribution in [0.5, 0.6) is 5.75 Å². The van der Waals surface area contributed by atoms with E-state index in [0.29, 0.717) is 11.7 Å². The molecule has 3 N–H and O–H groups in total. The fourth-order valence-corrected chi connectivity index (χ4v) is 2.77. The molecule has 1 aliphatic rings. The van der Waals surface area contributed by atoms with Crippen LogP contribution in [0.3, 0.4) is 0 Å². The van der Waals surface area contributed by atoms with Crippen LogP contribution < -0.4 is 5.73 Å². The van der Waals surface area contributed by atoms with Gasteiger partial charge in [-0.25, -0.2) is 0 Å². The number of rotatable bonds is 2. The van der Waals surface area contributed by atoms with E-state index in [9.17, 15) is 5.11 Å². The molecule has 17 heavy (non-hydrogen) atoms. The van der Waals surface area contributed by atoms with Crippen LogP contribution in [0.15, 0.2) is 12.1 Å².